The lowest BCUT2D eigenvalue weighted by atomic mass is 10.4. The summed E-state index contributed by atoms with van der Waals surface area (Å²) >= 11 is 22.2. The number of halogens is 4. The van der Waals surface area contributed by atoms with Crippen LogP contribution in [0, 0.1) is 0 Å². The molecule has 7 heteroatoms. The number of hydrogen-bond acceptors (Lipinski definition) is 3. The van der Waals surface area contributed by atoms with Gasteiger partial charge in [-0.2, -0.15) is 0 Å². The summed E-state index contributed by atoms with van der Waals surface area (Å²) in [5, 5.41) is 0.314. The van der Waals surface area contributed by atoms with Gasteiger partial charge in [-0.25, -0.2) is 4.98 Å². The molecule has 0 radical (unpaired) electrons. The van der Waals surface area contributed by atoms with Gasteiger partial charge >= 0.3 is 0 Å². The molecular formula is C8H9Cl4NS2. The van der Waals surface area contributed by atoms with Gasteiger partial charge < -0.3 is 0 Å². The average Bonchev–Trinajstić information content (AvgIpc) is 2.17. The Morgan fingerprint density at radius 1 is 1.13 bits per heavy atom. The molecule has 0 N–H and O–H groups in total. The van der Waals surface area contributed by atoms with Crippen LogP contribution in [0.1, 0.15) is 5.69 Å². The van der Waals surface area contributed by atoms with E-state index in [1.807, 2.05) is 0 Å². The predicted molar refractivity (Wildman–Crippen MR) is 75.5 cm³/mol. The third-order valence-corrected chi connectivity index (χ3v) is 3.30. The molecule has 0 aliphatic heterocycles. The monoisotopic (exact) mass is 323 g/mol. The van der Waals surface area contributed by atoms with Crippen LogP contribution in [0.4, 0.5) is 0 Å². The largest absolute Gasteiger partial charge is 0.237 e. The highest BCUT2D eigenvalue weighted by Crippen LogP contribution is 2.37. The molecule has 0 fully saturated rings. The molecule has 0 spiro atoms. The Bertz CT molecular complexity index is 288. The van der Waals surface area contributed by atoms with E-state index in [1.54, 1.807) is 39.8 Å². The number of nitrogens with zero attached hydrogens (tertiary/aromatic N) is 1. The first-order valence-corrected chi connectivity index (χ1v) is 8.16. The average molecular weight is 325 g/mol. The van der Waals surface area contributed by atoms with E-state index in [1.165, 1.54) is 0 Å². The lowest BCUT2D eigenvalue weighted by molar-refractivity contribution is 1.09. The van der Waals surface area contributed by atoms with Crippen molar-refractivity contribution in [3.63, 3.8) is 0 Å². The Kier molecular flexibility index (Phi) is 8.70. The molecule has 86 valence electrons. The molecule has 0 aromatic carbocycles. The van der Waals surface area contributed by atoms with E-state index in [-0.39, 0.29) is 0 Å². The van der Waals surface area contributed by atoms with Gasteiger partial charge in [-0.05, 0) is 24.6 Å². The standard InChI is InChI=1S/C6H3Cl4N.C2H6S2/c7-5-3-1-2-4(11-5)6(8,9)10;1-3-4-2/h1-3H;1-2H3. The van der Waals surface area contributed by atoms with Gasteiger partial charge in [-0.3, -0.25) is 0 Å². The van der Waals surface area contributed by atoms with Crippen LogP contribution >= 0.6 is 68.0 Å². The first kappa shape index (κ1) is 16.0. The van der Waals surface area contributed by atoms with Crippen molar-refractivity contribution in [2.24, 2.45) is 0 Å². The molecule has 1 aromatic rings. The minimum Gasteiger partial charge on any atom is -0.237 e. The summed E-state index contributed by atoms with van der Waals surface area (Å²) < 4.78 is -1.50. The van der Waals surface area contributed by atoms with Crippen LogP contribution in [0.3, 0.4) is 0 Å². The molecule has 0 amide bonds. The summed E-state index contributed by atoms with van der Waals surface area (Å²) in [6, 6.07) is 4.88. The molecule has 1 heterocycles. The summed E-state index contributed by atoms with van der Waals surface area (Å²) in [5.41, 5.74) is 0.329. The molecule has 0 aliphatic rings. The van der Waals surface area contributed by atoms with Crippen molar-refractivity contribution in [3.8, 4) is 0 Å². The molecule has 1 rings (SSSR count). The van der Waals surface area contributed by atoms with E-state index in [0.717, 1.165) is 0 Å². The van der Waals surface area contributed by atoms with E-state index in [2.05, 4.69) is 17.5 Å². The predicted octanol–water partition coefficient (Wildman–Crippen LogP) is 5.19. The van der Waals surface area contributed by atoms with Crippen LogP contribution in [0.5, 0.6) is 0 Å². The fourth-order valence-corrected chi connectivity index (χ4v) is 1.05. The Labute approximate surface area is 118 Å². The third-order valence-electron chi connectivity index (χ3n) is 1.17. The van der Waals surface area contributed by atoms with Gasteiger partial charge in [0, 0.05) is 0 Å². The molecule has 0 atom stereocenters. The van der Waals surface area contributed by atoms with Gasteiger partial charge in [0.1, 0.15) is 5.15 Å². The van der Waals surface area contributed by atoms with E-state index >= 15 is 0 Å². The Morgan fingerprint density at radius 3 is 1.93 bits per heavy atom. The van der Waals surface area contributed by atoms with E-state index in [0.29, 0.717) is 10.8 Å². The van der Waals surface area contributed by atoms with Crippen molar-refractivity contribution in [2.45, 2.75) is 3.79 Å². The summed E-state index contributed by atoms with van der Waals surface area (Å²) in [6.07, 6.45) is 4.12. The summed E-state index contributed by atoms with van der Waals surface area (Å²) in [5.74, 6) is 0. The second kappa shape index (κ2) is 8.15. The van der Waals surface area contributed by atoms with Crippen molar-refractivity contribution in [3.05, 3.63) is 29.0 Å². The molecule has 15 heavy (non-hydrogen) atoms. The SMILES string of the molecule is CSSC.Clc1cccc(C(Cl)(Cl)Cl)n1. The maximum absolute atomic E-state index is 5.56. The lowest BCUT2D eigenvalue weighted by Crippen LogP contribution is -2.02. The second-order valence-corrected chi connectivity index (χ2v) is 7.51. The first-order chi connectivity index (χ1) is 6.91. The molecular weight excluding hydrogens is 316 g/mol. The molecule has 0 saturated heterocycles. The van der Waals surface area contributed by atoms with Crippen LogP contribution in [-0.2, 0) is 3.79 Å². The number of hydrogen-bond donors (Lipinski definition) is 0. The van der Waals surface area contributed by atoms with Crippen LogP contribution < -0.4 is 0 Å². The van der Waals surface area contributed by atoms with Gasteiger partial charge in [-0.1, -0.05) is 74.1 Å². The fourth-order valence-electron chi connectivity index (χ4n) is 0.566. The molecule has 1 aromatic heterocycles. The zero-order valence-electron chi connectivity index (χ0n) is 8.01. The maximum Gasteiger partial charge on any atom is 0.232 e. The van der Waals surface area contributed by atoms with Crippen molar-refractivity contribution in [1.82, 2.24) is 4.98 Å². The van der Waals surface area contributed by atoms with E-state index in [4.69, 9.17) is 46.4 Å². The van der Waals surface area contributed by atoms with E-state index in [9.17, 15) is 0 Å². The minimum atomic E-state index is -1.50. The van der Waals surface area contributed by atoms with Gasteiger partial charge in [0.15, 0.2) is 0 Å². The third kappa shape index (κ3) is 7.83. The van der Waals surface area contributed by atoms with Crippen LogP contribution in [0.2, 0.25) is 5.15 Å². The molecule has 1 nitrogen and oxygen atoms in total. The van der Waals surface area contributed by atoms with Crippen molar-refractivity contribution >= 4 is 68.0 Å². The molecule has 0 bridgehead atoms. The Morgan fingerprint density at radius 2 is 1.67 bits per heavy atom. The van der Waals surface area contributed by atoms with E-state index < -0.39 is 3.79 Å². The minimum absolute atomic E-state index is 0.314. The number of alkyl halides is 3. The molecule has 0 saturated carbocycles. The zero-order chi connectivity index (χ0) is 11.9. The Balaban J connectivity index is 0.000000423. The smallest absolute Gasteiger partial charge is 0.232 e. The zero-order valence-corrected chi connectivity index (χ0v) is 12.7. The first-order valence-electron chi connectivity index (χ1n) is 3.68. The van der Waals surface area contributed by atoms with Gasteiger partial charge in [0.05, 0.1) is 5.69 Å². The summed E-state index contributed by atoms with van der Waals surface area (Å²) in [4.78, 5) is 3.81. The molecule has 0 unspecified atom stereocenters. The van der Waals surface area contributed by atoms with Crippen LogP contribution in [-0.4, -0.2) is 17.5 Å². The van der Waals surface area contributed by atoms with Crippen molar-refractivity contribution < 1.29 is 0 Å². The van der Waals surface area contributed by atoms with Gasteiger partial charge in [0.2, 0.25) is 3.79 Å². The lowest BCUT2D eigenvalue weighted by Gasteiger charge is -2.08. The molecule has 0 aliphatic carbocycles. The van der Waals surface area contributed by atoms with Crippen molar-refractivity contribution in [2.75, 3.05) is 12.5 Å². The normalized spacial score (nSPS) is 10.5. The highest BCUT2D eigenvalue weighted by atomic mass is 35.6. The fraction of sp³-hybridized carbons (Fsp3) is 0.375. The quantitative estimate of drug-likeness (QED) is 0.401. The number of rotatable bonds is 1. The van der Waals surface area contributed by atoms with Crippen LogP contribution in [0.25, 0.3) is 0 Å². The van der Waals surface area contributed by atoms with Gasteiger partial charge in [-0.15, -0.1) is 0 Å². The second-order valence-electron chi connectivity index (χ2n) is 2.18. The summed E-state index contributed by atoms with van der Waals surface area (Å²) in [7, 11) is 3.55. The van der Waals surface area contributed by atoms with Crippen LogP contribution in [0.15, 0.2) is 18.2 Å². The summed E-state index contributed by atoms with van der Waals surface area (Å²) in [6.45, 7) is 0. The maximum atomic E-state index is 5.56. The van der Waals surface area contributed by atoms with Crippen molar-refractivity contribution in [1.29, 1.82) is 0 Å². The number of pyridine rings is 1. The topological polar surface area (TPSA) is 12.9 Å². The highest BCUT2D eigenvalue weighted by molar-refractivity contribution is 8.76. The number of aromatic nitrogens is 1. The Hall–Kier alpha value is 1.01. The highest BCUT2D eigenvalue weighted by Gasteiger charge is 2.24. The van der Waals surface area contributed by atoms with Gasteiger partial charge in [0.25, 0.3) is 0 Å².